The fraction of sp³-hybridized carbons (Fsp3) is 0.400. The van der Waals surface area contributed by atoms with Gasteiger partial charge in [-0.15, -0.1) is 0 Å². The third kappa shape index (κ3) is 2.13. The third-order valence-electron chi connectivity index (χ3n) is 2.20. The van der Waals surface area contributed by atoms with Crippen molar-refractivity contribution in [2.45, 2.75) is 31.6 Å². The van der Waals surface area contributed by atoms with E-state index < -0.39 is 11.1 Å². The Bertz CT molecular complexity index is 335. The van der Waals surface area contributed by atoms with Crippen LogP contribution in [0.1, 0.15) is 25.0 Å². The van der Waals surface area contributed by atoms with Crippen molar-refractivity contribution in [2.24, 2.45) is 0 Å². The van der Waals surface area contributed by atoms with Crippen molar-refractivity contribution >= 4 is 11.1 Å². The summed E-state index contributed by atoms with van der Waals surface area (Å²) >= 11 is -1.97. The number of aryl methyl sites for hydroxylation is 2. The van der Waals surface area contributed by atoms with Crippen LogP contribution in [0, 0.1) is 0 Å². The standard InChI is InChI=1S/C10H14O3S/c1-3-7-5-9(14(12)13)6-8(4-2)10(7)11/h5-6,11H,3-4H2,1-2H3,(H,12,13). The molecular formula is C10H14O3S. The number of phenolic OH excluding ortho intramolecular Hbond substituents is 1. The van der Waals surface area contributed by atoms with Gasteiger partial charge in [-0.25, -0.2) is 4.21 Å². The van der Waals surface area contributed by atoms with E-state index in [0.717, 1.165) is 11.1 Å². The molecule has 0 amide bonds. The van der Waals surface area contributed by atoms with Crippen LogP contribution in [0.25, 0.3) is 0 Å². The van der Waals surface area contributed by atoms with E-state index in [4.69, 9.17) is 4.55 Å². The Balaban J connectivity index is 3.32. The minimum Gasteiger partial charge on any atom is -0.507 e. The highest BCUT2D eigenvalue weighted by molar-refractivity contribution is 7.79. The predicted molar refractivity (Wildman–Crippen MR) is 55.9 cm³/mol. The Kier molecular flexibility index (Phi) is 3.66. The second kappa shape index (κ2) is 4.57. The summed E-state index contributed by atoms with van der Waals surface area (Å²) < 4.78 is 19.8. The fourth-order valence-corrected chi connectivity index (χ4v) is 1.85. The number of benzene rings is 1. The van der Waals surface area contributed by atoms with Crippen LogP contribution in [0.3, 0.4) is 0 Å². The smallest absolute Gasteiger partial charge is 0.186 e. The predicted octanol–water partition coefficient (Wildman–Crippen LogP) is 2.10. The first-order valence-corrected chi connectivity index (χ1v) is 5.66. The molecule has 0 bridgehead atoms. The summed E-state index contributed by atoms with van der Waals surface area (Å²) in [6, 6.07) is 3.15. The monoisotopic (exact) mass is 214 g/mol. The largest absolute Gasteiger partial charge is 0.507 e. The minimum absolute atomic E-state index is 0.254. The Morgan fingerprint density at radius 3 is 1.93 bits per heavy atom. The Morgan fingerprint density at radius 2 is 1.64 bits per heavy atom. The van der Waals surface area contributed by atoms with Gasteiger partial charge in [0.2, 0.25) is 0 Å². The molecule has 0 aliphatic rings. The molecule has 0 spiro atoms. The number of rotatable bonds is 3. The van der Waals surface area contributed by atoms with Crippen molar-refractivity contribution < 1.29 is 13.9 Å². The van der Waals surface area contributed by atoms with E-state index in [1.807, 2.05) is 13.8 Å². The summed E-state index contributed by atoms with van der Waals surface area (Å²) in [7, 11) is 0. The van der Waals surface area contributed by atoms with Crippen molar-refractivity contribution in [3.63, 3.8) is 0 Å². The number of phenols is 1. The maximum atomic E-state index is 10.9. The molecule has 14 heavy (non-hydrogen) atoms. The van der Waals surface area contributed by atoms with Crippen molar-refractivity contribution in [1.29, 1.82) is 0 Å². The molecule has 3 nitrogen and oxygen atoms in total. The zero-order valence-electron chi connectivity index (χ0n) is 8.28. The van der Waals surface area contributed by atoms with Crippen LogP contribution in [0.15, 0.2) is 17.0 Å². The summed E-state index contributed by atoms with van der Waals surface area (Å²) in [6.07, 6.45) is 1.31. The van der Waals surface area contributed by atoms with Gasteiger partial charge in [0, 0.05) is 0 Å². The van der Waals surface area contributed by atoms with E-state index in [9.17, 15) is 9.32 Å². The van der Waals surface area contributed by atoms with Gasteiger partial charge in [-0.05, 0) is 36.1 Å². The van der Waals surface area contributed by atoms with Gasteiger partial charge in [-0.1, -0.05) is 13.8 Å². The van der Waals surface area contributed by atoms with E-state index in [0.29, 0.717) is 17.7 Å². The first-order valence-electron chi connectivity index (χ1n) is 4.55. The lowest BCUT2D eigenvalue weighted by molar-refractivity contribution is 0.461. The Hall–Kier alpha value is -0.870. The molecule has 1 aromatic carbocycles. The lowest BCUT2D eigenvalue weighted by Gasteiger charge is -2.08. The first kappa shape index (κ1) is 11.2. The molecule has 1 rings (SSSR count). The van der Waals surface area contributed by atoms with Gasteiger partial charge < -0.3 is 9.66 Å². The summed E-state index contributed by atoms with van der Waals surface area (Å²) in [6.45, 7) is 3.80. The van der Waals surface area contributed by atoms with E-state index in [1.165, 1.54) is 0 Å². The number of hydrogen-bond acceptors (Lipinski definition) is 2. The molecule has 0 aliphatic carbocycles. The van der Waals surface area contributed by atoms with Crippen molar-refractivity contribution in [1.82, 2.24) is 0 Å². The molecule has 2 N–H and O–H groups in total. The molecule has 1 unspecified atom stereocenters. The molecular weight excluding hydrogens is 200 g/mol. The lowest BCUT2D eigenvalue weighted by atomic mass is 10.1. The minimum atomic E-state index is -1.97. The number of hydrogen-bond donors (Lipinski definition) is 2. The van der Waals surface area contributed by atoms with Gasteiger partial charge in [0.05, 0.1) is 4.90 Å². The average molecular weight is 214 g/mol. The van der Waals surface area contributed by atoms with Gasteiger partial charge in [0.1, 0.15) is 5.75 Å². The molecule has 0 heterocycles. The zero-order chi connectivity index (χ0) is 10.7. The summed E-state index contributed by atoms with van der Waals surface area (Å²) in [4.78, 5) is 0.358. The van der Waals surface area contributed by atoms with Crippen molar-refractivity contribution in [3.05, 3.63) is 23.3 Å². The van der Waals surface area contributed by atoms with Gasteiger partial charge in [-0.3, -0.25) is 0 Å². The second-order valence-corrected chi connectivity index (χ2v) is 4.02. The molecule has 78 valence electrons. The normalized spacial score (nSPS) is 12.8. The quantitative estimate of drug-likeness (QED) is 0.757. The molecule has 0 radical (unpaired) electrons. The van der Waals surface area contributed by atoms with E-state index >= 15 is 0 Å². The van der Waals surface area contributed by atoms with E-state index in [1.54, 1.807) is 12.1 Å². The van der Waals surface area contributed by atoms with Crippen LogP contribution >= 0.6 is 0 Å². The zero-order valence-corrected chi connectivity index (χ0v) is 9.10. The fourth-order valence-electron chi connectivity index (χ4n) is 1.37. The van der Waals surface area contributed by atoms with Gasteiger partial charge in [0.25, 0.3) is 0 Å². The van der Waals surface area contributed by atoms with Crippen LogP contribution in [-0.2, 0) is 23.9 Å². The molecule has 4 heteroatoms. The van der Waals surface area contributed by atoms with Gasteiger partial charge >= 0.3 is 0 Å². The molecule has 0 saturated carbocycles. The maximum Gasteiger partial charge on any atom is 0.186 e. The first-order chi connectivity index (χ1) is 6.60. The van der Waals surface area contributed by atoms with Crippen molar-refractivity contribution in [3.8, 4) is 5.75 Å². The molecule has 1 atom stereocenters. The second-order valence-electron chi connectivity index (χ2n) is 3.05. The van der Waals surface area contributed by atoms with Crippen LogP contribution in [-0.4, -0.2) is 13.9 Å². The lowest BCUT2D eigenvalue weighted by Crippen LogP contribution is -1.95. The van der Waals surface area contributed by atoms with Crippen LogP contribution in [0.4, 0.5) is 0 Å². The third-order valence-corrected chi connectivity index (χ3v) is 2.84. The SMILES string of the molecule is CCc1cc(S(=O)O)cc(CC)c1O. The Labute approximate surface area is 86.1 Å². The van der Waals surface area contributed by atoms with Crippen LogP contribution in [0.2, 0.25) is 0 Å². The average Bonchev–Trinajstić information content (AvgIpc) is 2.17. The molecule has 0 aliphatic heterocycles. The highest BCUT2D eigenvalue weighted by Gasteiger charge is 2.10. The van der Waals surface area contributed by atoms with Crippen LogP contribution < -0.4 is 0 Å². The highest BCUT2D eigenvalue weighted by Crippen LogP contribution is 2.26. The number of aromatic hydroxyl groups is 1. The van der Waals surface area contributed by atoms with E-state index in [-0.39, 0.29) is 5.75 Å². The van der Waals surface area contributed by atoms with E-state index in [2.05, 4.69) is 0 Å². The summed E-state index contributed by atoms with van der Waals surface area (Å²) in [5.74, 6) is 0.254. The summed E-state index contributed by atoms with van der Waals surface area (Å²) in [5, 5.41) is 9.71. The summed E-state index contributed by atoms with van der Waals surface area (Å²) in [5.41, 5.74) is 1.45. The van der Waals surface area contributed by atoms with Crippen molar-refractivity contribution in [2.75, 3.05) is 0 Å². The maximum absolute atomic E-state index is 10.9. The highest BCUT2D eigenvalue weighted by atomic mass is 32.2. The Morgan fingerprint density at radius 1 is 1.21 bits per heavy atom. The molecule has 0 fully saturated rings. The molecule has 0 saturated heterocycles. The molecule has 1 aromatic rings. The van der Waals surface area contributed by atoms with Gasteiger partial charge in [-0.2, -0.15) is 0 Å². The van der Waals surface area contributed by atoms with Gasteiger partial charge in [0.15, 0.2) is 11.1 Å². The molecule has 0 aromatic heterocycles. The van der Waals surface area contributed by atoms with Crippen LogP contribution in [0.5, 0.6) is 5.75 Å². The topological polar surface area (TPSA) is 57.5 Å².